The third kappa shape index (κ3) is 2.33. The van der Waals surface area contributed by atoms with Crippen molar-refractivity contribution in [1.29, 1.82) is 0 Å². The summed E-state index contributed by atoms with van der Waals surface area (Å²) in [7, 11) is -3.92. The highest BCUT2D eigenvalue weighted by molar-refractivity contribution is 7.89. The Labute approximate surface area is 135 Å². The Morgan fingerprint density at radius 2 is 1.91 bits per heavy atom. The summed E-state index contributed by atoms with van der Waals surface area (Å²) in [4.78, 5) is 10.9. The molecule has 1 saturated heterocycles. The molecule has 0 amide bonds. The molecular formula is C15H20ClNO4S. The quantitative estimate of drug-likeness (QED) is 0.851. The van der Waals surface area contributed by atoms with Crippen molar-refractivity contribution in [2.24, 2.45) is 0 Å². The lowest BCUT2D eigenvalue weighted by molar-refractivity contribution is -0.148. The second-order valence-corrected chi connectivity index (χ2v) is 8.55. The van der Waals surface area contributed by atoms with Crippen LogP contribution in [0.15, 0.2) is 29.2 Å². The first-order chi connectivity index (χ1) is 10.1. The summed E-state index contributed by atoms with van der Waals surface area (Å²) < 4.78 is 26.9. The van der Waals surface area contributed by atoms with Crippen LogP contribution in [0.25, 0.3) is 0 Å². The molecule has 1 unspecified atom stereocenters. The summed E-state index contributed by atoms with van der Waals surface area (Å²) in [6.45, 7) is 5.20. The second-order valence-electron chi connectivity index (χ2n) is 5.86. The molecule has 1 aliphatic heterocycles. The topological polar surface area (TPSA) is 74.7 Å². The highest BCUT2D eigenvalue weighted by Crippen LogP contribution is 2.48. The van der Waals surface area contributed by atoms with Crippen LogP contribution in [0.3, 0.4) is 0 Å². The van der Waals surface area contributed by atoms with Gasteiger partial charge in [0.1, 0.15) is 0 Å². The number of hydrogen-bond acceptors (Lipinski definition) is 3. The second kappa shape index (κ2) is 5.51. The first kappa shape index (κ1) is 17.2. The Bertz CT molecular complexity index is 684. The van der Waals surface area contributed by atoms with E-state index in [1.165, 1.54) is 12.1 Å². The van der Waals surface area contributed by atoms with E-state index in [1.54, 1.807) is 26.0 Å². The van der Waals surface area contributed by atoms with Gasteiger partial charge in [-0.15, -0.1) is 11.6 Å². The molecule has 1 aromatic carbocycles. The van der Waals surface area contributed by atoms with E-state index in [4.69, 9.17) is 11.6 Å². The summed E-state index contributed by atoms with van der Waals surface area (Å²) in [5.41, 5.74) is -0.708. The number of carboxylic acids is 1. The molecule has 122 valence electrons. The zero-order chi connectivity index (χ0) is 16.8. The maximum absolute atomic E-state index is 12.9. The van der Waals surface area contributed by atoms with Crippen LogP contribution in [-0.2, 0) is 14.8 Å². The maximum Gasteiger partial charge on any atom is 0.326 e. The van der Waals surface area contributed by atoms with Crippen LogP contribution < -0.4 is 0 Å². The Morgan fingerprint density at radius 1 is 1.36 bits per heavy atom. The van der Waals surface area contributed by atoms with Gasteiger partial charge in [0.2, 0.25) is 10.0 Å². The summed E-state index contributed by atoms with van der Waals surface area (Å²) in [6.07, 6.45) is 0.396. The van der Waals surface area contributed by atoms with Gasteiger partial charge in [0.25, 0.3) is 0 Å². The van der Waals surface area contributed by atoms with E-state index < -0.39 is 26.4 Å². The normalized spacial score (nSPS) is 29.6. The van der Waals surface area contributed by atoms with Gasteiger partial charge in [-0.2, -0.15) is 4.31 Å². The van der Waals surface area contributed by atoms with Gasteiger partial charge in [-0.3, -0.25) is 4.79 Å². The lowest BCUT2D eigenvalue weighted by atomic mass is 9.84. The van der Waals surface area contributed by atoms with Gasteiger partial charge in [-0.1, -0.05) is 24.6 Å². The van der Waals surface area contributed by atoms with Crippen LogP contribution in [-0.4, -0.2) is 40.8 Å². The van der Waals surface area contributed by atoms with Gasteiger partial charge in [0, 0.05) is 6.54 Å². The molecular weight excluding hydrogens is 326 g/mol. The molecule has 0 bridgehead atoms. The first-order valence-electron chi connectivity index (χ1n) is 7.11. The van der Waals surface area contributed by atoms with Crippen molar-refractivity contribution in [2.75, 3.05) is 6.54 Å². The van der Waals surface area contributed by atoms with Gasteiger partial charge in [-0.25, -0.2) is 8.42 Å². The smallest absolute Gasteiger partial charge is 0.326 e. The fourth-order valence-electron chi connectivity index (χ4n) is 3.16. The number of carbonyl (C=O) groups is 1. The van der Waals surface area contributed by atoms with E-state index in [-0.39, 0.29) is 17.9 Å². The summed E-state index contributed by atoms with van der Waals surface area (Å²) in [6, 6.07) is 6.38. The first-order valence-corrected chi connectivity index (χ1v) is 8.93. The minimum Gasteiger partial charge on any atom is -0.480 e. The zero-order valence-electron chi connectivity index (χ0n) is 12.8. The molecule has 1 aliphatic rings. The third-order valence-corrected chi connectivity index (χ3v) is 6.99. The fraction of sp³-hybridized carbons (Fsp3) is 0.533. The van der Waals surface area contributed by atoms with E-state index in [1.807, 2.05) is 6.92 Å². The summed E-state index contributed by atoms with van der Waals surface area (Å²) in [5.74, 6) is -1.21. The third-order valence-electron chi connectivity index (χ3n) is 4.55. The summed E-state index contributed by atoms with van der Waals surface area (Å²) >= 11 is 6.41. The van der Waals surface area contributed by atoms with E-state index in [2.05, 4.69) is 0 Å². The van der Waals surface area contributed by atoms with Gasteiger partial charge in [-0.05, 0) is 38.8 Å². The van der Waals surface area contributed by atoms with Crippen molar-refractivity contribution >= 4 is 27.6 Å². The van der Waals surface area contributed by atoms with Crippen molar-refractivity contribution in [3.63, 3.8) is 0 Å². The molecule has 0 aliphatic carbocycles. The van der Waals surface area contributed by atoms with Crippen LogP contribution in [0.4, 0.5) is 0 Å². The van der Waals surface area contributed by atoms with Crippen LogP contribution >= 0.6 is 11.6 Å². The number of aryl methyl sites for hydroxylation is 1. The monoisotopic (exact) mass is 345 g/mol. The van der Waals surface area contributed by atoms with Crippen molar-refractivity contribution < 1.29 is 18.3 Å². The zero-order valence-corrected chi connectivity index (χ0v) is 14.4. The van der Waals surface area contributed by atoms with Crippen LogP contribution in [0, 0.1) is 6.92 Å². The van der Waals surface area contributed by atoms with Crippen molar-refractivity contribution in [3.8, 4) is 0 Å². The Balaban J connectivity index is 2.59. The van der Waals surface area contributed by atoms with Crippen LogP contribution in [0.2, 0.25) is 0 Å². The average molecular weight is 346 g/mol. The van der Waals surface area contributed by atoms with Gasteiger partial charge < -0.3 is 5.11 Å². The number of hydrogen-bond donors (Lipinski definition) is 1. The molecule has 0 radical (unpaired) electrons. The van der Waals surface area contributed by atoms with Crippen molar-refractivity contribution in [2.45, 2.75) is 48.9 Å². The number of carboxylic acid groups (broad SMARTS) is 1. The number of alkyl halides is 1. The number of halogens is 1. The molecule has 2 rings (SSSR count). The number of aliphatic carboxylic acids is 1. The Morgan fingerprint density at radius 3 is 2.36 bits per heavy atom. The predicted molar refractivity (Wildman–Crippen MR) is 84.6 cm³/mol. The largest absolute Gasteiger partial charge is 0.480 e. The highest BCUT2D eigenvalue weighted by Gasteiger charge is 2.63. The Kier molecular flexibility index (Phi) is 4.32. The maximum atomic E-state index is 12.9. The SMILES string of the molecule is CC[C@]1(C(=O)O)N(S(=O)(=O)c2ccc(C)cc2)CCC1(C)Cl. The molecule has 0 spiro atoms. The molecule has 1 aromatic rings. The molecule has 22 heavy (non-hydrogen) atoms. The summed E-state index contributed by atoms with van der Waals surface area (Å²) in [5, 5.41) is 9.73. The molecule has 0 saturated carbocycles. The molecule has 1 N–H and O–H groups in total. The van der Waals surface area contributed by atoms with E-state index in [0.29, 0.717) is 6.42 Å². The van der Waals surface area contributed by atoms with Crippen molar-refractivity contribution in [3.05, 3.63) is 29.8 Å². The van der Waals surface area contributed by atoms with E-state index >= 15 is 0 Å². The molecule has 5 nitrogen and oxygen atoms in total. The molecule has 1 fully saturated rings. The van der Waals surface area contributed by atoms with Crippen LogP contribution in [0.5, 0.6) is 0 Å². The van der Waals surface area contributed by atoms with Crippen molar-refractivity contribution in [1.82, 2.24) is 4.31 Å². The number of benzene rings is 1. The lowest BCUT2D eigenvalue weighted by Crippen LogP contribution is -2.60. The number of rotatable bonds is 4. The highest BCUT2D eigenvalue weighted by atomic mass is 35.5. The molecule has 0 aromatic heterocycles. The van der Waals surface area contributed by atoms with Crippen LogP contribution in [0.1, 0.15) is 32.3 Å². The van der Waals surface area contributed by atoms with Gasteiger partial charge in [0.05, 0.1) is 9.77 Å². The minimum absolute atomic E-state index is 0.0894. The minimum atomic E-state index is -3.92. The van der Waals surface area contributed by atoms with Gasteiger partial charge >= 0.3 is 5.97 Å². The Hall–Kier alpha value is -1.11. The molecule has 7 heteroatoms. The molecule has 1 heterocycles. The standard InChI is InChI=1S/C15H20ClNO4S/c1-4-15(13(18)19)14(3,16)9-10-17(15)22(20,21)12-7-5-11(2)6-8-12/h5-8H,4,9-10H2,1-3H3,(H,18,19)/t14?,15-/m1/s1. The lowest BCUT2D eigenvalue weighted by Gasteiger charge is -2.40. The number of nitrogens with zero attached hydrogens (tertiary/aromatic N) is 1. The van der Waals surface area contributed by atoms with E-state index in [9.17, 15) is 18.3 Å². The fourth-order valence-corrected chi connectivity index (χ4v) is 5.49. The molecule has 2 atom stereocenters. The van der Waals surface area contributed by atoms with Gasteiger partial charge in [0.15, 0.2) is 5.54 Å². The predicted octanol–water partition coefficient (Wildman–Crippen LogP) is 2.62. The van der Waals surface area contributed by atoms with E-state index in [0.717, 1.165) is 9.87 Å². The number of sulfonamides is 1. The average Bonchev–Trinajstić information content (AvgIpc) is 2.71.